The topological polar surface area (TPSA) is 54.7 Å². The minimum atomic E-state index is -0.456. The van der Waals surface area contributed by atoms with Crippen LogP contribution in [0.5, 0.6) is 0 Å². The van der Waals surface area contributed by atoms with Gasteiger partial charge in [-0.1, -0.05) is 6.92 Å². The Kier molecular flexibility index (Phi) is 2.25. The molecule has 2 heterocycles. The van der Waals surface area contributed by atoms with E-state index in [2.05, 4.69) is 10.2 Å². The van der Waals surface area contributed by atoms with Gasteiger partial charge >= 0.3 is 0 Å². The molecule has 0 saturated heterocycles. The number of hydrogen-bond donors (Lipinski definition) is 2. The highest BCUT2D eigenvalue weighted by atomic mass is 32.1. The number of aromatic nitrogens is 2. The summed E-state index contributed by atoms with van der Waals surface area (Å²) in [6.45, 7) is 2.03. The number of thiophene rings is 1. The van der Waals surface area contributed by atoms with E-state index in [4.69, 9.17) is 5.73 Å². The maximum Gasteiger partial charge on any atom is 0.193 e. The van der Waals surface area contributed by atoms with Crippen molar-refractivity contribution in [1.82, 2.24) is 10.2 Å². The van der Waals surface area contributed by atoms with E-state index >= 15 is 0 Å². The monoisotopic (exact) mass is 211 g/mol. The van der Waals surface area contributed by atoms with E-state index in [1.54, 1.807) is 0 Å². The van der Waals surface area contributed by atoms with Gasteiger partial charge in [-0.2, -0.15) is 5.10 Å². The van der Waals surface area contributed by atoms with Crippen molar-refractivity contribution in [3.05, 3.63) is 22.8 Å². The first-order valence-corrected chi connectivity index (χ1v) is 5.18. The van der Waals surface area contributed by atoms with Gasteiger partial charge in [0.2, 0.25) is 0 Å². The van der Waals surface area contributed by atoms with Crippen LogP contribution in [-0.4, -0.2) is 10.2 Å². The summed E-state index contributed by atoms with van der Waals surface area (Å²) < 4.78 is 13.4. The largest absolute Gasteiger partial charge is 0.380 e. The highest BCUT2D eigenvalue weighted by Gasteiger charge is 2.15. The summed E-state index contributed by atoms with van der Waals surface area (Å²) in [6, 6.07) is 1.98. The second kappa shape index (κ2) is 3.42. The number of halogens is 1. The third kappa shape index (κ3) is 1.29. The van der Waals surface area contributed by atoms with E-state index in [9.17, 15) is 4.39 Å². The Hall–Kier alpha value is -1.36. The van der Waals surface area contributed by atoms with E-state index in [0.29, 0.717) is 5.69 Å². The minimum absolute atomic E-state index is 0.0737. The average molecular weight is 211 g/mol. The van der Waals surface area contributed by atoms with E-state index in [0.717, 1.165) is 16.9 Å². The number of aryl methyl sites for hydroxylation is 1. The zero-order chi connectivity index (χ0) is 10.1. The molecule has 2 aromatic rings. The summed E-state index contributed by atoms with van der Waals surface area (Å²) in [5, 5.41) is 8.18. The highest BCUT2D eigenvalue weighted by Crippen LogP contribution is 2.31. The molecular weight excluding hydrogens is 201 g/mol. The quantitative estimate of drug-likeness (QED) is 0.801. The summed E-state index contributed by atoms with van der Waals surface area (Å²) in [7, 11) is 0. The summed E-state index contributed by atoms with van der Waals surface area (Å²) in [5.74, 6) is -0.530. The van der Waals surface area contributed by atoms with Crippen LogP contribution in [0.25, 0.3) is 10.6 Å². The van der Waals surface area contributed by atoms with Crippen molar-refractivity contribution in [3.8, 4) is 10.6 Å². The van der Waals surface area contributed by atoms with Gasteiger partial charge in [-0.3, -0.25) is 5.10 Å². The highest BCUT2D eigenvalue weighted by molar-refractivity contribution is 7.13. The molecule has 3 N–H and O–H groups in total. The number of nitrogen functional groups attached to an aromatic ring is 1. The lowest BCUT2D eigenvalue weighted by Gasteiger charge is -1.97. The summed E-state index contributed by atoms with van der Waals surface area (Å²) in [6.07, 6.45) is 0.872. The van der Waals surface area contributed by atoms with Crippen molar-refractivity contribution in [2.75, 3.05) is 5.73 Å². The van der Waals surface area contributed by atoms with Crippen LogP contribution in [0, 0.1) is 5.82 Å². The van der Waals surface area contributed by atoms with Gasteiger partial charge in [0.05, 0.1) is 4.88 Å². The van der Waals surface area contributed by atoms with E-state index in [1.807, 2.05) is 18.4 Å². The molecule has 74 valence electrons. The first-order valence-electron chi connectivity index (χ1n) is 4.30. The van der Waals surface area contributed by atoms with Crippen LogP contribution in [-0.2, 0) is 6.42 Å². The van der Waals surface area contributed by atoms with Crippen LogP contribution in [0.2, 0.25) is 0 Å². The van der Waals surface area contributed by atoms with Crippen LogP contribution < -0.4 is 5.73 Å². The van der Waals surface area contributed by atoms with Crippen molar-refractivity contribution in [2.24, 2.45) is 0 Å². The maximum atomic E-state index is 13.4. The maximum absolute atomic E-state index is 13.4. The standard InChI is InChI=1S/C9H10FN3S/c1-2-5-3-4-14-8(5)7-6(10)9(11)13-12-7/h3-4H,2H2,1H3,(H3,11,12,13). The fourth-order valence-electron chi connectivity index (χ4n) is 1.33. The van der Waals surface area contributed by atoms with Crippen molar-refractivity contribution >= 4 is 17.2 Å². The summed E-state index contributed by atoms with van der Waals surface area (Å²) >= 11 is 1.49. The molecular formula is C9H10FN3S. The van der Waals surface area contributed by atoms with Crippen LogP contribution >= 0.6 is 11.3 Å². The van der Waals surface area contributed by atoms with Crippen molar-refractivity contribution in [2.45, 2.75) is 13.3 Å². The first-order chi connectivity index (χ1) is 6.74. The minimum Gasteiger partial charge on any atom is -0.380 e. The predicted octanol–water partition coefficient (Wildman–Crippen LogP) is 2.42. The number of H-pyrrole nitrogens is 1. The average Bonchev–Trinajstić information content (AvgIpc) is 2.75. The molecule has 5 heteroatoms. The van der Waals surface area contributed by atoms with Gasteiger partial charge in [-0.05, 0) is 23.4 Å². The van der Waals surface area contributed by atoms with Gasteiger partial charge in [0.15, 0.2) is 11.6 Å². The van der Waals surface area contributed by atoms with E-state index in [1.165, 1.54) is 11.3 Å². The number of nitrogens with zero attached hydrogens (tertiary/aromatic N) is 1. The van der Waals surface area contributed by atoms with Gasteiger partial charge in [0, 0.05) is 0 Å². The van der Waals surface area contributed by atoms with Crippen LogP contribution in [0.1, 0.15) is 12.5 Å². The van der Waals surface area contributed by atoms with Crippen LogP contribution in [0.3, 0.4) is 0 Å². The fourth-order valence-corrected chi connectivity index (χ4v) is 2.31. The van der Waals surface area contributed by atoms with Crippen molar-refractivity contribution in [1.29, 1.82) is 0 Å². The Morgan fingerprint density at radius 3 is 3.00 bits per heavy atom. The molecule has 0 amide bonds. The molecule has 2 aromatic heterocycles. The zero-order valence-electron chi connectivity index (χ0n) is 7.67. The molecule has 0 spiro atoms. The second-order valence-electron chi connectivity index (χ2n) is 2.93. The fraction of sp³-hybridized carbons (Fsp3) is 0.222. The summed E-state index contributed by atoms with van der Waals surface area (Å²) in [5.41, 5.74) is 6.83. The number of nitrogens with two attached hydrogens (primary N) is 1. The Labute approximate surface area is 84.8 Å². The summed E-state index contributed by atoms with van der Waals surface area (Å²) in [4.78, 5) is 0.884. The van der Waals surface area contributed by atoms with Gasteiger partial charge < -0.3 is 5.73 Å². The van der Waals surface area contributed by atoms with Crippen molar-refractivity contribution < 1.29 is 4.39 Å². The van der Waals surface area contributed by atoms with Crippen LogP contribution in [0.4, 0.5) is 10.2 Å². The predicted molar refractivity (Wildman–Crippen MR) is 55.6 cm³/mol. The molecule has 0 aliphatic carbocycles. The lowest BCUT2D eigenvalue weighted by atomic mass is 10.2. The Balaban J connectivity index is 2.54. The Morgan fingerprint density at radius 2 is 2.43 bits per heavy atom. The number of nitrogens with one attached hydrogen (secondary N) is 1. The molecule has 0 aliphatic heterocycles. The van der Waals surface area contributed by atoms with E-state index < -0.39 is 5.82 Å². The van der Waals surface area contributed by atoms with Gasteiger partial charge in [0.25, 0.3) is 0 Å². The molecule has 0 fully saturated rings. The number of aromatic amines is 1. The number of hydrogen-bond acceptors (Lipinski definition) is 3. The molecule has 2 rings (SSSR count). The molecule has 14 heavy (non-hydrogen) atoms. The molecule has 0 atom stereocenters. The number of anilines is 1. The molecule has 0 saturated carbocycles. The van der Waals surface area contributed by atoms with Gasteiger partial charge in [-0.25, -0.2) is 4.39 Å². The third-order valence-electron chi connectivity index (χ3n) is 2.09. The second-order valence-corrected chi connectivity index (χ2v) is 3.84. The lowest BCUT2D eigenvalue weighted by Crippen LogP contribution is -1.87. The number of rotatable bonds is 2. The molecule has 0 bridgehead atoms. The lowest BCUT2D eigenvalue weighted by molar-refractivity contribution is 0.637. The van der Waals surface area contributed by atoms with E-state index in [-0.39, 0.29) is 5.82 Å². The van der Waals surface area contributed by atoms with Gasteiger partial charge in [0.1, 0.15) is 5.69 Å². The molecule has 0 aliphatic rings. The Bertz CT molecular complexity index is 447. The molecule has 0 radical (unpaired) electrons. The van der Waals surface area contributed by atoms with Crippen LogP contribution in [0.15, 0.2) is 11.4 Å². The SMILES string of the molecule is CCc1ccsc1-c1[nH]nc(N)c1F. The first kappa shape index (κ1) is 9.21. The normalized spacial score (nSPS) is 10.7. The third-order valence-corrected chi connectivity index (χ3v) is 3.06. The molecule has 3 nitrogen and oxygen atoms in total. The zero-order valence-corrected chi connectivity index (χ0v) is 8.49. The molecule has 0 aromatic carbocycles. The smallest absolute Gasteiger partial charge is 0.193 e. The Morgan fingerprint density at radius 1 is 1.64 bits per heavy atom. The van der Waals surface area contributed by atoms with Gasteiger partial charge in [-0.15, -0.1) is 11.3 Å². The molecule has 0 unspecified atom stereocenters. The van der Waals surface area contributed by atoms with Crippen molar-refractivity contribution in [3.63, 3.8) is 0 Å².